The first-order valence-corrected chi connectivity index (χ1v) is 7.18. The Morgan fingerprint density at radius 3 is 2.47 bits per heavy atom. The van der Waals surface area contributed by atoms with Gasteiger partial charge in [0.1, 0.15) is 0 Å². The summed E-state index contributed by atoms with van der Waals surface area (Å²) < 4.78 is 1.09. The number of aryl methyl sites for hydroxylation is 1. The van der Waals surface area contributed by atoms with Crippen LogP contribution < -0.4 is 5.32 Å². The zero-order valence-electron chi connectivity index (χ0n) is 11.4. The molecule has 100 valence electrons. The van der Waals surface area contributed by atoms with Gasteiger partial charge >= 0.3 is 0 Å². The minimum Gasteiger partial charge on any atom is -0.350 e. The summed E-state index contributed by atoms with van der Waals surface area (Å²) in [6.45, 7) is 7.01. The van der Waals surface area contributed by atoms with Crippen LogP contribution in [0.3, 0.4) is 0 Å². The van der Waals surface area contributed by atoms with Crippen molar-refractivity contribution in [3.05, 3.63) is 51.8 Å². The molecule has 0 saturated carbocycles. The SMILES string of the molecule is Cc1cc(C(C)C)nc(NCc2ccc(Br)cc2)n1. The van der Waals surface area contributed by atoms with Gasteiger partial charge in [-0.2, -0.15) is 0 Å². The summed E-state index contributed by atoms with van der Waals surface area (Å²) in [6, 6.07) is 10.3. The number of benzene rings is 1. The normalized spacial score (nSPS) is 10.8. The van der Waals surface area contributed by atoms with E-state index in [-0.39, 0.29) is 0 Å². The highest BCUT2D eigenvalue weighted by Crippen LogP contribution is 2.15. The van der Waals surface area contributed by atoms with E-state index >= 15 is 0 Å². The van der Waals surface area contributed by atoms with E-state index < -0.39 is 0 Å². The molecule has 3 nitrogen and oxygen atoms in total. The maximum Gasteiger partial charge on any atom is 0.223 e. The lowest BCUT2D eigenvalue weighted by atomic mass is 10.1. The number of halogens is 1. The molecular weight excluding hydrogens is 302 g/mol. The van der Waals surface area contributed by atoms with Crippen molar-refractivity contribution in [3.8, 4) is 0 Å². The van der Waals surface area contributed by atoms with Gasteiger partial charge in [0, 0.05) is 22.4 Å². The summed E-state index contributed by atoms with van der Waals surface area (Å²) in [4.78, 5) is 8.95. The molecule has 0 aliphatic heterocycles. The average Bonchev–Trinajstić information content (AvgIpc) is 2.37. The number of nitrogens with one attached hydrogen (secondary N) is 1. The monoisotopic (exact) mass is 319 g/mol. The summed E-state index contributed by atoms with van der Waals surface area (Å²) in [7, 11) is 0. The van der Waals surface area contributed by atoms with Gasteiger partial charge < -0.3 is 5.32 Å². The summed E-state index contributed by atoms with van der Waals surface area (Å²) in [5.41, 5.74) is 3.28. The van der Waals surface area contributed by atoms with E-state index in [4.69, 9.17) is 0 Å². The van der Waals surface area contributed by atoms with Gasteiger partial charge in [-0.05, 0) is 36.6 Å². The predicted molar refractivity (Wildman–Crippen MR) is 82.3 cm³/mol. The quantitative estimate of drug-likeness (QED) is 0.913. The maximum atomic E-state index is 4.53. The third kappa shape index (κ3) is 4.03. The van der Waals surface area contributed by atoms with Crippen molar-refractivity contribution in [2.24, 2.45) is 0 Å². The van der Waals surface area contributed by atoms with Crippen molar-refractivity contribution < 1.29 is 0 Å². The third-order valence-electron chi connectivity index (χ3n) is 2.83. The number of anilines is 1. The predicted octanol–water partition coefficient (Wildman–Crippen LogP) is 4.28. The summed E-state index contributed by atoms with van der Waals surface area (Å²) >= 11 is 3.43. The van der Waals surface area contributed by atoms with Crippen LogP contribution >= 0.6 is 15.9 Å². The Hall–Kier alpha value is -1.42. The molecule has 0 unspecified atom stereocenters. The van der Waals surface area contributed by atoms with Crippen molar-refractivity contribution in [2.45, 2.75) is 33.2 Å². The molecule has 0 radical (unpaired) electrons. The molecule has 0 aliphatic rings. The van der Waals surface area contributed by atoms with Crippen LogP contribution in [0.5, 0.6) is 0 Å². The molecule has 1 N–H and O–H groups in total. The molecule has 0 atom stereocenters. The van der Waals surface area contributed by atoms with E-state index in [9.17, 15) is 0 Å². The Morgan fingerprint density at radius 2 is 1.84 bits per heavy atom. The highest BCUT2D eigenvalue weighted by molar-refractivity contribution is 9.10. The van der Waals surface area contributed by atoms with Gasteiger partial charge in [-0.1, -0.05) is 41.9 Å². The van der Waals surface area contributed by atoms with Crippen LogP contribution in [-0.4, -0.2) is 9.97 Å². The van der Waals surface area contributed by atoms with Crippen LogP contribution in [0.25, 0.3) is 0 Å². The van der Waals surface area contributed by atoms with Crippen molar-refractivity contribution in [1.29, 1.82) is 0 Å². The molecule has 0 bridgehead atoms. The van der Waals surface area contributed by atoms with Crippen LogP contribution in [0.4, 0.5) is 5.95 Å². The molecule has 1 aromatic heterocycles. The van der Waals surface area contributed by atoms with Crippen LogP contribution in [-0.2, 0) is 6.54 Å². The van der Waals surface area contributed by atoms with Crippen LogP contribution in [0, 0.1) is 6.92 Å². The van der Waals surface area contributed by atoms with Crippen LogP contribution in [0.1, 0.15) is 36.7 Å². The minimum absolute atomic E-state index is 0.412. The molecule has 0 amide bonds. The fourth-order valence-corrected chi connectivity index (χ4v) is 2.02. The van der Waals surface area contributed by atoms with E-state index in [1.54, 1.807) is 0 Å². The lowest BCUT2D eigenvalue weighted by Gasteiger charge is -2.10. The summed E-state index contributed by atoms with van der Waals surface area (Å²) in [6.07, 6.45) is 0. The van der Waals surface area contributed by atoms with Gasteiger partial charge in [-0.15, -0.1) is 0 Å². The molecule has 0 fully saturated rings. The number of aromatic nitrogens is 2. The van der Waals surface area contributed by atoms with E-state index in [1.165, 1.54) is 5.56 Å². The first-order chi connectivity index (χ1) is 9.04. The number of hydrogen-bond donors (Lipinski definition) is 1. The molecular formula is C15H18BrN3. The summed E-state index contributed by atoms with van der Waals surface area (Å²) in [5.74, 6) is 1.11. The summed E-state index contributed by atoms with van der Waals surface area (Å²) in [5, 5.41) is 3.28. The topological polar surface area (TPSA) is 37.8 Å². The van der Waals surface area contributed by atoms with Gasteiger partial charge in [-0.25, -0.2) is 9.97 Å². The second-order valence-electron chi connectivity index (χ2n) is 4.89. The highest BCUT2D eigenvalue weighted by atomic mass is 79.9. The molecule has 2 aromatic rings. The zero-order chi connectivity index (χ0) is 13.8. The second-order valence-corrected chi connectivity index (χ2v) is 5.81. The molecule has 19 heavy (non-hydrogen) atoms. The average molecular weight is 320 g/mol. The Balaban J connectivity index is 2.08. The minimum atomic E-state index is 0.412. The maximum absolute atomic E-state index is 4.53. The third-order valence-corrected chi connectivity index (χ3v) is 3.36. The molecule has 4 heteroatoms. The lowest BCUT2D eigenvalue weighted by molar-refractivity contribution is 0.808. The van der Waals surface area contributed by atoms with Gasteiger partial charge in [0.2, 0.25) is 5.95 Å². The van der Waals surface area contributed by atoms with Crippen molar-refractivity contribution in [3.63, 3.8) is 0 Å². The van der Waals surface area contributed by atoms with Crippen LogP contribution in [0.2, 0.25) is 0 Å². The van der Waals surface area contributed by atoms with Crippen molar-refractivity contribution in [1.82, 2.24) is 9.97 Å². The second kappa shape index (κ2) is 6.15. The number of rotatable bonds is 4. The Morgan fingerprint density at radius 1 is 1.16 bits per heavy atom. The number of nitrogens with zero attached hydrogens (tertiary/aromatic N) is 2. The van der Waals surface area contributed by atoms with Gasteiger partial charge in [0.25, 0.3) is 0 Å². The highest BCUT2D eigenvalue weighted by Gasteiger charge is 2.05. The van der Waals surface area contributed by atoms with E-state index in [2.05, 4.69) is 57.2 Å². The Labute approximate surface area is 122 Å². The smallest absolute Gasteiger partial charge is 0.223 e. The van der Waals surface area contributed by atoms with E-state index in [1.807, 2.05) is 25.1 Å². The van der Waals surface area contributed by atoms with Gasteiger partial charge in [0.15, 0.2) is 0 Å². The molecule has 1 heterocycles. The standard InChI is InChI=1S/C15H18BrN3/c1-10(2)14-8-11(3)18-15(19-14)17-9-12-4-6-13(16)7-5-12/h4-8,10H,9H2,1-3H3,(H,17,18,19). The largest absolute Gasteiger partial charge is 0.350 e. The Bertz CT molecular complexity index is 550. The molecule has 0 aliphatic carbocycles. The fraction of sp³-hybridized carbons (Fsp3) is 0.333. The molecule has 2 rings (SSSR count). The van der Waals surface area contributed by atoms with Gasteiger partial charge in [-0.3, -0.25) is 0 Å². The molecule has 1 aromatic carbocycles. The lowest BCUT2D eigenvalue weighted by Crippen LogP contribution is -2.07. The molecule has 0 spiro atoms. The Kier molecular flexibility index (Phi) is 4.53. The van der Waals surface area contributed by atoms with Crippen molar-refractivity contribution >= 4 is 21.9 Å². The van der Waals surface area contributed by atoms with Gasteiger partial charge in [0.05, 0.1) is 0 Å². The molecule has 0 saturated heterocycles. The first-order valence-electron chi connectivity index (χ1n) is 6.38. The van der Waals surface area contributed by atoms with E-state index in [0.717, 1.165) is 22.4 Å². The van der Waals surface area contributed by atoms with E-state index in [0.29, 0.717) is 11.9 Å². The first kappa shape index (κ1) is 14.0. The van der Waals surface area contributed by atoms with Crippen LogP contribution in [0.15, 0.2) is 34.8 Å². The fourth-order valence-electron chi connectivity index (χ4n) is 1.75. The number of hydrogen-bond acceptors (Lipinski definition) is 3. The van der Waals surface area contributed by atoms with Crippen molar-refractivity contribution in [2.75, 3.05) is 5.32 Å². The zero-order valence-corrected chi connectivity index (χ0v) is 13.0.